The van der Waals surface area contributed by atoms with Gasteiger partial charge in [0.2, 0.25) is 11.8 Å². The molecule has 21 heavy (non-hydrogen) atoms. The van der Waals surface area contributed by atoms with Crippen LogP contribution in [-0.2, 0) is 9.59 Å². The van der Waals surface area contributed by atoms with Gasteiger partial charge < -0.3 is 15.5 Å². The minimum Gasteiger partial charge on any atom is -0.353 e. The summed E-state index contributed by atoms with van der Waals surface area (Å²) in [6.07, 6.45) is 5.11. The average Bonchev–Trinajstić information content (AvgIpc) is 2.48. The first-order valence-electron chi connectivity index (χ1n) is 8.34. The van der Waals surface area contributed by atoms with Gasteiger partial charge >= 0.3 is 0 Å². The number of hydrogen-bond donors (Lipinski definition) is 2. The first-order valence-corrected chi connectivity index (χ1v) is 8.34. The number of carbonyl (C=O) groups excluding carboxylic acids is 2. The van der Waals surface area contributed by atoms with Crippen LogP contribution in [0.25, 0.3) is 0 Å². The second-order valence-corrected chi connectivity index (χ2v) is 6.69. The number of rotatable bonds is 4. The van der Waals surface area contributed by atoms with E-state index in [0.717, 1.165) is 58.3 Å². The van der Waals surface area contributed by atoms with Crippen LogP contribution in [0.15, 0.2) is 0 Å². The van der Waals surface area contributed by atoms with Crippen LogP contribution in [-0.4, -0.2) is 48.9 Å². The summed E-state index contributed by atoms with van der Waals surface area (Å²) >= 11 is 0. The van der Waals surface area contributed by atoms with E-state index < -0.39 is 0 Å². The molecule has 0 aromatic carbocycles. The molecule has 0 saturated carbocycles. The van der Waals surface area contributed by atoms with Gasteiger partial charge in [0.15, 0.2) is 0 Å². The van der Waals surface area contributed by atoms with Crippen molar-refractivity contribution in [3.8, 4) is 0 Å². The highest BCUT2D eigenvalue weighted by molar-refractivity contribution is 5.82. The van der Waals surface area contributed by atoms with Crippen LogP contribution in [0.4, 0.5) is 0 Å². The number of amides is 2. The highest BCUT2D eigenvalue weighted by Crippen LogP contribution is 2.31. The van der Waals surface area contributed by atoms with Crippen molar-refractivity contribution in [2.24, 2.45) is 5.41 Å². The fraction of sp³-hybridized carbons (Fsp3) is 0.875. The third kappa shape index (κ3) is 4.19. The van der Waals surface area contributed by atoms with Gasteiger partial charge in [-0.05, 0) is 45.2 Å². The fourth-order valence-electron chi connectivity index (χ4n) is 3.33. The maximum absolute atomic E-state index is 12.7. The second kappa shape index (κ2) is 7.25. The molecule has 2 N–H and O–H groups in total. The van der Waals surface area contributed by atoms with Crippen LogP contribution in [0.3, 0.4) is 0 Å². The lowest BCUT2D eigenvalue weighted by atomic mass is 9.79. The standard InChI is InChI=1S/C16H29N3O2/c1-3-4-14(20)18-13-5-11-19(12-6-13)15(21)16(2)7-9-17-10-8-16/h13,17H,3-12H2,1-2H3,(H,18,20). The second-order valence-electron chi connectivity index (χ2n) is 6.69. The zero-order chi connectivity index (χ0) is 15.3. The zero-order valence-electron chi connectivity index (χ0n) is 13.4. The van der Waals surface area contributed by atoms with Crippen LogP contribution >= 0.6 is 0 Å². The summed E-state index contributed by atoms with van der Waals surface area (Å²) in [5.41, 5.74) is -0.191. The van der Waals surface area contributed by atoms with Gasteiger partial charge in [-0.15, -0.1) is 0 Å². The largest absolute Gasteiger partial charge is 0.353 e. The molecule has 2 rings (SSSR count). The molecular weight excluding hydrogens is 266 g/mol. The Morgan fingerprint density at radius 1 is 1.24 bits per heavy atom. The van der Waals surface area contributed by atoms with Crippen molar-refractivity contribution in [1.82, 2.24) is 15.5 Å². The van der Waals surface area contributed by atoms with E-state index in [2.05, 4.69) is 17.6 Å². The molecule has 2 saturated heterocycles. The number of likely N-dealkylation sites (tertiary alicyclic amines) is 1. The highest BCUT2D eigenvalue weighted by atomic mass is 16.2. The Balaban J connectivity index is 1.80. The Labute approximate surface area is 127 Å². The van der Waals surface area contributed by atoms with Gasteiger partial charge in [0.05, 0.1) is 0 Å². The van der Waals surface area contributed by atoms with Crippen molar-refractivity contribution in [1.29, 1.82) is 0 Å². The lowest BCUT2D eigenvalue weighted by Gasteiger charge is -2.40. The molecule has 5 nitrogen and oxygen atoms in total. The van der Waals surface area contributed by atoms with Gasteiger partial charge in [-0.2, -0.15) is 0 Å². The third-order valence-corrected chi connectivity index (χ3v) is 4.85. The zero-order valence-corrected chi connectivity index (χ0v) is 13.4. The number of piperidine rings is 2. The molecule has 0 atom stereocenters. The summed E-state index contributed by atoms with van der Waals surface area (Å²) in [6, 6.07) is 0.244. The van der Waals surface area contributed by atoms with Crippen molar-refractivity contribution in [3.63, 3.8) is 0 Å². The average molecular weight is 295 g/mol. The summed E-state index contributed by atoms with van der Waals surface area (Å²) in [6.45, 7) is 7.54. The lowest BCUT2D eigenvalue weighted by Crippen LogP contribution is -2.52. The summed E-state index contributed by atoms with van der Waals surface area (Å²) in [5, 5.41) is 6.40. The van der Waals surface area contributed by atoms with E-state index in [9.17, 15) is 9.59 Å². The van der Waals surface area contributed by atoms with Crippen molar-refractivity contribution in [2.75, 3.05) is 26.2 Å². The molecule has 2 aliphatic rings. The molecule has 2 amide bonds. The molecule has 2 fully saturated rings. The van der Waals surface area contributed by atoms with Gasteiger partial charge in [0.25, 0.3) is 0 Å². The van der Waals surface area contributed by atoms with E-state index in [1.54, 1.807) is 0 Å². The number of carbonyl (C=O) groups is 2. The quantitative estimate of drug-likeness (QED) is 0.821. The first-order chi connectivity index (χ1) is 10.0. The van der Waals surface area contributed by atoms with E-state index >= 15 is 0 Å². The van der Waals surface area contributed by atoms with E-state index in [1.165, 1.54) is 0 Å². The van der Waals surface area contributed by atoms with Gasteiger partial charge in [-0.25, -0.2) is 0 Å². The van der Waals surface area contributed by atoms with E-state index in [1.807, 2.05) is 11.8 Å². The molecule has 120 valence electrons. The maximum atomic E-state index is 12.7. The normalized spacial score (nSPS) is 22.9. The molecule has 2 heterocycles. The van der Waals surface area contributed by atoms with Crippen molar-refractivity contribution in [3.05, 3.63) is 0 Å². The van der Waals surface area contributed by atoms with E-state index in [-0.39, 0.29) is 17.4 Å². The molecule has 0 bridgehead atoms. The van der Waals surface area contributed by atoms with Crippen LogP contribution < -0.4 is 10.6 Å². The molecule has 0 aromatic rings. The van der Waals surface area contributed by atoms with Crippen molar-refractivity contribution in [2.45, 2.75) is 58.4 Å². The molecular formula is C16H29N3O2. The molecule has 5 heteroatoms. The highest BCUT2D eigenvalue weighted by Gasteiger charge is 2.38. The SMILES string of the molecule is CCCC(=O)NC1CCN(C(=O)C2(C)CCNCC2)CC1. The van der Waals surface area contributed by atoms with Gasteiger partial charge in [0.1, 0.15) is 0 Å². The third-order valence-electron chi connectivity index (χ3n) is 4.85. The summed E-state index contributed by atoms with van der Waals surface area (Å²) in [4.78, 5) is 26.4. The number of nitrogens with one attached hydrogen (secondary N) is 2. The van der Waals surface area contributed by atoms with Gasteiger partial charge in [-0.1, -0.05) is 13.8 Å². The molecule has 0 aliphatic carbocycles. The van der Waals surface area contributed by atoms with Crippen LogP contribution in [0, 0.1) is 5.41 Å². The van der Waals surface area contributed by atoms with Crippen LogP contribution in [0.2, 0.25) is 0 Å². The smallest absolute Gasteiger partial charge is 0.228 e. The summed E-state index contributed by atoms with van der Waals surface area (Å²) in [7, 11) is 0. The van der Waals surface area contributed by atoms with E-state index in [0.29, 0.717) is 12.3 Å². The molecule has 0 spiro atoms. The fourth-order valence-corrected chi connectivity index (χ4v) is 3.33. The number of hydrogen-bond acceptors (Lipinski definition) is 3. The minimum absolute atomic E-state index is 0.146. The maximum Gasteiger partial charge on any atom is 0.228 e. The summed E-state index contributed by atoms with van der Waals surface area (Å²) in [5.74, 6) is 0.454. The predicted molar refractivity (Wildman–Crippen MR) is 82.9 cm³/mol. The summed E-state index contributed by atoms with van der Waals surface area (Å²) < 4.78 is 0. The predicted octanol–water partition coefficient (Wildman–Crippen LogP) is 1.28. The Morgan fingerprint density at radius 2 is 1.86 bits per heavy atom. The Hall–Kier alpha value is -1.10. The Kier molecular flexibility index (Phi) is 5.62. The van der Waals surface area contributed by atoms with Crippen LogP contribution in [0.1, 0.15) is 52.4 Å². The molecule has 2 aliphatic heterocycles. The molecule has 0 radical (unpaired) electrons. The topological polar surface area (TPSA) is 61.4 Å². The van der Waals surface area contributed by atoms with Gasteiger partial charge in [-0.3, -0.25) is 9.59 Å². The first kappa shape index (κ1) is 16.3. The lowest BCUT2D eigenvalue weighted by molar-refractivity contribution is -0.144. The monoisotopic (exact) mass is 295 g/mol. The Morgan fingerprint density at radius 3 is 2.43 bits per heavy atom. The molecule has 0 aromatic heterocycles. The minimum atomic E-state index is -0.191. The van der Waals surface area contributed by atoms with Gasteiger partial charge in [0, 0.05) is 31.0 Å². The molecule has 0 unspecified atom stereocenters. The van der Waals surface area contributed by atoms with Crippen molar-refractivity contribution < 1.29 is 9.59 Å². The number of nitrogens with zero attached hydrogens (tertiary/aromatic N) is 1. The Bertz CT molecular complexity index is 370. The van der Waals surface area contributed by atoms with Crippen molar-refractivity contribution >= 4 is 11.8 Å². The van der Waals surface area contributed by atoms with E-state index in [4.69, 9.17) is 0 Å². The van der Waals surface area contributed by atoms with Crippen LogP contribution in [0.5, 0.6) is 0 Å².